The van der Waals surface area contributed by atoms with Crippen molar-refractivity contribution in [2.45, 2.75) is 38.0 Å². The van der Waals surface area contributed by atoms with E-state index in [4.69, 9.17) is 20.8 Å². The van der Waals surface area contributed by atoms with Crippen molar-refractivity contribution in [1.82, 2.24) is 4.57 Å². The smallest absolute Gasteiger partial charge is 0.266 e. The second-order valence-corrected chi connectivity index (χ2v) is 8.58. The summed E-state index contributed by atoms with van der Waals surface area (Å²) in [5.74, 6) is 2.03. The van der Waals surface area contributed by atoms with Crippen LogP contribution in [0.25, 0.3) is 28.0 Å². The number of aromatic nitrogens is 1. The Labute approximate surface area is 186 Å². The molecule has 1 aliphatic rings. The van der Waals surface area contributed by atoms with Gasteiger partial charge in [-0.25, -0.2) is 0 Å². The second-order valence-electron chi connectivity index (χ2n) is 8.15. The van der Waals surface area contributed by atoms with Gasteiger partial charge < -0.3 is 9.15 Å². The van der Waals surface area contributed by atoms with Crippen molar-refractivity contribution >= 4 is 22.6 Å². The number of nitrogens with zero attached hydrogens (tertiary/aromatic N) is 1. The Balaban J connectivity index is 1.54. The quantitative estimate of drug-likeness (QED) is 0.349. The summed E-state index contributed by atoms with van der Waals surface area (Å²) in [6.45, 7) is 0. The van der Waals surface area contributed by atoms with E-state index in [0.29, 0.717) is 27.7 Å². The number of ether oxygens (including phenoxy) is 1. The highest BCUT2D eigenvalue weighted by Crippen LogP contribution is 2.38. The number of methoxy groups -OCH3 is 1. The highest BCUT2D eigenvalue weighted by atomic mass is 35.5. The number of rotatable bonds is 4. The van der Waals surface area contributed by atoms with Crippen LogP contribution in [0.2, 0.25) is 5.02 Å². The molecule has 158 valence electrons. The maximum atomic E-state index is 13.3. The fourth-order valence-electron chi connectivity index (χ4n) is 4.60. The van der Waals surface area contributed by atoms with E-state index in [0.717, 1.165) is 17.0 Å². The molecule has 0 bridgehead atoms. The lowest BCUT2D eigenvalue weighted by atomic mass is 9.83. The summed E-state index contributed by atoms with van der Waals surface area (Å²) in [6, 6.07) is 17.1. The zero-order chi connectivity index (χ0) is 21.4. The molecule has 5 rings (SSSR count). The molecule has 4 nitrogen and oxygen atoms in total. The Hall–Kier alpha value is -2.98. The second kappa shape index (κ2) is 8.27. The molecule has 5 heteroatoms. The van der Waals surface area contributed by atoms with Crippen LogP contribution in [0.1, 0.15) is 43.6 Å². The molecule has 2 aromatic carbocycles. The van der Waals surface area contributed by atoms with Crippen LogP contribution in [0, 0.1) is 0 Å². The summed E-state index contributed by atoms with van der Waals surface area (Å²) in [4.78, 5) is 13.3. The lowest BCUT2D eigenvalue weighted by Gasteiger charge is -2.24. The summed E-state index contributed by atoms with van der Waals surface area (Å²) in [5.41, 5.74) is 3.36. The molecule has 0 spiro atoms. The van der Waals surface area contributed by atoms with E-state index in [2.05, 4.69) is 6.07 Å². The highest BCUT2D eigenvalue weighted by molar-refractivity contribution is 6.30. The largest absolute Gasteiger partial charge is 0.496 e. The maximum absolute atomic E-state index is 13.3. The van der Waals surface area contributed by atoms with Gasteiger partial charge in [-0.05, 0) is 66.8 Å². The third kappa shape index (κ3) is 3.77. The SMILES string of the molecule is COc1cc(-n2ccc3oc(-c4ccc(Cl)cc4)cc3c2=O)ccc1C1CCCCC1. The van der Waals surface area contributed by atoms with Crippen molar-refractivity contribution in [3.05, 3.63) is 81.7 Å². The maximum Gasteiger partial charge on any atom is 0.266 e. The topological polar surface area (TPSA) is 44.4 Å². The molecule has 0 atom stereocenters. The van der Waals surface area contributed by atoms with Gasteiger partial charge in [0, 0.05) is 22.8 Å². The molecule has 0 radical (unpaired) electrons. The molecule has 1 aliphatic carbocycles. The Morgan fingerprint density at radius 2 is 1.77 bits per heavy atom. The summed E-state index contributed by atoms with van der Waals surface area (Å²) >= 11 is 5.98. The fraction of sp³-hybridized carbons (Fsp3) is 0.269. The van der Waals surface area contributed by atoms with Crippen LogP contribution in [0.4, 0.5) is 0 Å². The van der Waals surface area contributed by atoms with Crippen molar-refractivity contribution < 1.29 is 9.15 Å². The van der Waals surface area contributed by atoms with Crippen LogP contribution in [0.15, 0.2) is 70.0 Å². The molecule has 0 aliphatic heterocycles. The summed E-state index contributed by atoms with van der Waals surface area (Å²) in [7, 11) is 1.70. The fourth-order valence-corrected chi connectivity index (χ4v) is 4.72. The summed E-state index contributed by atoms with van der Waals surface area (Å²) in [6.07, 6.45) is 8.00. The first-order valence-corrected chi connectivity index (χ1v) is 11.1. The highest BCUT2D eigenvalue weighted by Gasteiger charge is 2.20. The number of hydrogen-bond donors (Lipinski definition) is 0. The van der Waals surface area contributed by atoms with Crippen molar-refractivity contribution in [3.8, 4) is 22.8 Å². The molecule has 1 fully saturated rings. The van der Waals surface area contributed by atoms with E-state index < -0.39 is 0 Å². The normalized spacial score (nSPS) is 14.8. The van der Waals surface area contributed by atoms with Gasteiger partial charge in [-0.3, -0.25) is 9.36 Å². The first-order valence-electron chi connectivity index (χ1n) is 10.7. The van der Waals surface area contributed by atoms with Crippen molar-refractivity contribution in [2.24, 2.45) is 0 Å². The molecule has 2 heterocycles. The molecular formula is C26H24ClNO3. The van der Waals surface area contributed by atoms with Gasteiger partial charge in [0.1, 0.15) is 17.1 Å². The monoisotopic (exact) mass is 433 g/mol. The first-order chi connectivity index (χ1) is 15.1. The molecular weight excluding hydrogens is 410 g/mol. The van der Waals surface area contributed by atoms with Crippen molar-refractivity contribution in [3.63, 3.8) is 0 Å². The van der Waals surface area contributed by atoms with Gasteiger partial charge in [-0.1, -0.05) is 36.9 Å². The Kier molecular flexibility index (Phi) is 5.33. The standard InChI is InChI=1S/C26H24ClNO3/c1-30-25-15-20(11-12-21(25)17-5-3-2-4-6-17)28-14-13-23-22(26(28)29)16-24(31-23)18-7-9-19(27)10-8-18/h7-17H,2-6H2,1H3. The van der Waals surface area contributed by atoms with Crippen molar-refractivity contribution in [1.29, 1.82) is 0 Å². The van der Waals surface area contributed by atoms with E-state index >= 15 is 0 Å². The predicted octanol–water partition coefficient (Wildman–Crippen LogP) is 6.96. The molecule has 0 saturated heterocycles. The van der Waals surface area contributed by atoms with E-state index in [1.807, 2.05) is 42.5 Å². The lowest BCUT2D eigenvalue weighted by Crippen LogP contribution is -2.17. The Bertz CT molecular complexity index is 1280. The van der Waals surface area contributed by atoms with Gasteiger partial charge in [0.25, 0.3) is 5.56 Å². The van der Waals surface area contributed by atoms with Gasteiger partial charge >= 0.3 is 0 Å². The van der Waals surface area contributed by atoms with Gasteiger partial charge in [0.15, 0.2) is 0 Å². The third-order valence-electron chi connectivity index (χ3n) is 6.25. The van der Waals surface area contributed by atoms with E-state index in [1.54, 1.807) is 23.9 Å². The zero-order valence-corrected chi connectivity index (χ0v) is 18.2. The number of benzene rings is 2. The van der Waals surface area contributed by atoms with E-state index in [9.17, 15) is 4.79 Å². The molecule has 0 unspecified atom stereocenters. The van der Waals surface area contributed by atoms with Gasteiger partial charge in [0.2, 0.25) is 0 Å². The molecule has 1 saturated carbocycles. The minimum absolute atomic E-state index is 0.117. The number of furan rings is 1. The molecule has 0 amide bonds. The number of hydrogen-bond acceptors (Lipinski definition) is 3. The summed E-state index contributed by atoms with van der Waals surface area (Å²) < 4.78 is 13.3. The molecule has 2 aromatic heterocycles. The number of pyridine rings is 1. The average Bonchev–Trinajstić information content (AvgIpc) is 3.25. The molecule has 4 aromatic rings. The minimum Gasteiger partial charge on any atom is -0.496 e. The number of fused-ring (bicyclic) bond motifs is 1. The van der Waals surface area contributed by atoms with Crippen LogP contribution in [0.5, 0.6) is 5.75 Å². The predicted molar refractivity (Wildman–Crippen MR) is 125 cm³/mol. The Morgan fingerprint density at radius 1 is 1.00 bits per heavy atom. The third-order valence-corrected chi connectivity index (χ3v) is 6.51. The zero-order valence-electron chi connectivity index (χ0n) is 17.4. The van der Waals surface area contributed by atoms with Crippen LogP contribution in [-0.2, 0) is 0 Å². The summed E-state index contributed by atoms with van der Waals surface area (Å²) in [5, 5.41) is 1.20. The van der Waals surface area contributed by atoms with Crippen LogP contribution in [-0.4, -0.2) is 11.7 Å². The van der Waals surface area contributed by atoms with E-state index in [-0.39, 0.29) is 5.56 Å². The van der Waals surface area contributed by atoms with Crippen molar-refractivity contribution in [2.75, 3.05) is 7.11 Å². The van der Waals surface area contributed by atoms with Gasteiger partial charge in [0.05, 0.1) is 18.2 Å². The van der Waals surface area contributed by atoms with Crippen LogP contribution >= 0.6 is 11.6 Å². The molecule has 31 heavy (non-hydrogen) atoms. The Morgan fingerprint density at radius 3 is 2.52 bits per heavy atom. The molecule has 0 N–H and O–H groups in total. The first kappa shape index (κ1) is 20.0. The number of halogens is 1. The van der Waals surface area contributed by atoms with Gasteiger partial charge in [-0.2, -0.15) is 0 Å². The average molecular weight is 434 g/mol. The lowest BCUT2D eigenvalue weighted by molar-refractivity contribution is 0.387. The van der Waals surface area contributed by atoms with Crippen LogP contribution < -0.4 is 10.3 Å². The van der Waals surface area contributed by atoms with Crippen LogP contribution in [0.3, 0.4) is 0 Å². The van der Waals surface area contributed by atoms with E-state index in [1.165, 1.54) is 37.7 Å². The minimum atomic E-state index is -0.117. The van der Waals surface area contributed by atoms with Gasteiger partial charge in [-0.15, -0.1) is 0 Å².